The number of hydrogen-bond acceptors (Lipinski definition) is 5. The second-order valence-corrected chi connectivity index (χ2v) is 9.36. The molecule has 1 aliphatic carbocycles. The Morgan fingerprint density at radius 2 is 1.86 bits per heavy atom. The third kappa shape index (κ3) is 3.38. The lowest BCUT2D eigenvalue weighted by atomic mass is 9.87. The van der Waals surface area contributed by atoms with Crippen LogP contribution in [0.2, 0.25) is 0 Å². The zero-order chi connectivity index (χ0) is 25.0. The first kappa shape index (κ1) is 22.1. The molecule has 0 radical (unpaired) electrons. The van der Waals surface area contributed by atoms with Crippen LogP contribution in [0, 0.1) is 11.8 Å². The summed E-state index contributed by atoms with van der Waals surface area (Å²) in [5.74, 6) is 6.25. The Morgan fingerprint density at radius 3 is 2.58 bits per heavy atom. The van der Waals surface area contributed by atoms with E-state index in [-0.39, 0.29) is 18.0 Å². The molecule has 1 aliphatic heterocycles. The Morgan fingerprint density at radius 1 is 1.14 bits per heavy atom. The SMILES string of the molecule is CC#CC(=O)N1C2CC2=CC1c1nc(-c2ccc(C(C)(O)c3ccccc3)cc2)c2c(N)nccn12. The van der Waals surface area contributed by atoms with Crippen molar-refractivity contribution in [3.05, 3.63) is 95.6 Å². The molecule has 3 unspecified atom stereocenters. The Labute approximate surface area is 208 Å². The summed E-state index contributed by atoms with van der Waals surface area (Å²) >= 11 is 0. The highest BCUT2D eigenvalue weighted by atomic mass is 16.3. The maximum Gasteiger partial charge on any atom is 0.299 e. The predicted molar refractivity (Wildman–Crippen MR) is 137 cm³/mol. The summed E-state index contributed by atoms with van der Waals surface area (Å²) in [5, 5.41) is 11.2. The van der Waals surface area contributed by atoms with Crippen LogP contribution in [0.25, 0.3) is 16.8 Å². The minimum absolute atomic E-state index is 0.0952. The summed E-state index contributed by atoms with van der Waals surface area (Å²) in [5.41, 5.74) is 10.2. The fourth-order valence-electron chi connectivity index (χ4n) is 5.11. The quantitative estimate of drug-likeness (QED) is 0.345. The van der Waals surface area contributed by atoms with E-state index in [1.165, 1.54) is 5.57 Å². The van der Waals surface area contributed by atoms with Crippen LogP contribution < -0.4 is 5.73 Å². The van der Waals surface area contributed by atoms with Crippen LogP contribution in [-0.4, -0.2) is 36.3 Å². The van der Waals surface area contributed by atoms with E-state index in [1.807, 2.05) is 65.2 Å². The summed E-state index contributed by atoms with van der Waals surface area (Å²) in [6, 6.07) is 17.0. The monoisotopic (exact) mass is 475 g/mol. The second kappa shape index (κ2) is 8.08. The van der Waals surface area contributed by atoms with Crippen LogP contribution in [0.5, 0.6) is 0 Å². The number of benzene rings is 2. The van der Waals surface area contributed by atoms with Crippen LogP contribution in [0.1, 0.15) is 43.3 Å². The molecule has 4 aromatic rings. The number of anilines is 1. The van der Waals surface area contributed by atoms with Crippen molar-refractivity contribution < 1.29 is 9.90 Å². The average Bonchev–Trinajstić information content (AvgIpc) is 3.37. The molecule has 2 aliphatic rings. The molecule has 0 spiro atoms. The van der Waals surface area contributed by atoms with E-state index in [2.05, 4.69) is 22.9 Å². The largest absolute Gasteiger partial charge is 0.382 e. The lowest BCUT2D eigenvalue weighted by Crippen LogP contribution is -2.33. The summed E-state index contributed by atoms with van der Waals surface area (Å²) in [6.45, 7) is 3.45. The molecule has 3 heterocycles. The van der Waals surface area contributed by atoms with Crippen LogP contribution in [-0.2, 0) is 10.4 Å². The molecule has 36 heavy (non-hydrogen) atoms. The number of aromatic nitrogens is 3. The number of nitrogens with zero attached hydrogens (tertiary/aromatic N) is 4. The van der Waals surface area contributed by atoms with Gasteiger partial charge in [0, 0.05) is 18.0 Å². The van der Waals surface area contributed by atoms with Gasteiger partial charge in [0.1, 0.15) is 34.5 Å². The molecule has 7 heteroatoms. The normalized spacial score (nSPS) is 19.8. The van der Waals surface area contributed by atoms with E-state index in [4.69, 9.17) is 10.7 Å². The minimum atomic E-state index is -1.14. The molecule has 2 aromatic carbocycles. The van der Waals surface area contributed by atoms with Gasteiger partial charge in [0.05, 0.1) is 6.04 Å². The summed E-state index contributed by atoms with van der Waals surface area (Å²) in [6.07, 6.45) is 6.45. The number of nitrogens with two attached hydrogens (primary N) is 1. The van der Waals surface area contributed by atoms with Crippen LogP contribution in [0.4, 0.5) is 5.82 Å². The number of fused-ring (bicyclic) bond motifs is 2. The molecule has 7 nitrogen and oxygen atoms in total. The van der Waals surface area contributed by atoms with E-state index in [0.29, 0.717) is 22.9 Å². The van der Waals surface area contributed by atoms with Gasteiger partial charge in [0.25, 0.3) is 5.91 Å². The van der Waals surface area contributed by atoms with E-state index in [0.717, 1.165) is 23.1 Å². The predicted octanol–water partition coefficient (Wildman–Crippen LogP) is 3.84. The molecule has 178 valence electrons. The van der Waals surface area contributed by atoms with Gasteiger partial charge in [-0.25, -0.2) is 9.97 Å². The van der Waals surface area contributed by atoms with Crippen LogP contribution in [0.15, 0.2) is 78.6 Å². The van der Waals surface area contributed by atoms with Crippen molar-refractivity contribution in [3.8, 4) is 23.1 Å². The van der Waals surface area contributed by atoms with Crippen molar-refractivity contribution >= 4 is 17.2 Å². The zero-order valence-electron chi connectivity index (χ0n) is 20.0. The topological polar surface area (TPSA) is 96.8 Å². The van der Waals surface area contributed by atoms with Gasteiger partial charge in [-0.3, -0.25) is 9.20 Å². The van der Waals surface area contributed by atoms with Gasteiger partial charge < -0.3 is 15.7 Å². The fourth-order valence-corrected chi connectivity index (χ4v) is 5.11. The Kier molecular flexibility index (Phi) is 4.95. The van der Waals surface area contributed by atoms with Crippen molar-refractivity contribution in [2.24, 2.45) is 0 Å². The number of imidazole rings is 1. The van der Waals surface area contributed by atoms with E-state index >= 15 is 0 Å². The highest BCUT2D eigenvalue weighted by Gasteiger charge is 2.48. The molecule has 1 fully saturated rings. The number of carbonyl (C=O) groups is 1. The van der Waals surface area contributed by atoms with Gasteiger partial charge in [-0.1, -0.05) is 66.6 Å². The summed E-state index contributed by atoms with van der Waals surface area (Å²) in [4.78, 5) is 23.9. The van der Waals surface area contributed by atoms with Gasteiger partial charge in [-0.2, -0.15) is 0 Å². The molecule has 3 atom stereocenters. The Hall–Kier alpha value is -4.41. The van der Waals surface area contributed by atoms with Gasteiger partial charge in [-0.15, -0.1) is 0 Å². The zero-order valence-corrected chi connectivity index (χ0v) is 20.0. The van der Waals surface area contributed by atoms with Crippen molar-refractivity contribution in [1.82, 2.24) is 19.3 Å². The van der Waals surface area contributed by atoms with Gasteiger partial charge in [0.15, 0.2) is 0 Å². The number of hydrogen-bond donors (Lipinski definition) is 2. The number of carbonyl (C=O) groups excluding carboxylic acids is 1. The molecule has 0 saturated heterocycles. The minimum Gasteiger partial charge on any atom is -0.382 e. The van der Waals surface area contributed by atoms with Crippen molar-refractivity contribution in [1.29, 1.82) is 0 Å². The highest BCUT2D eigenvalue weighted by molar-refractivity contribution is 5.95. The van der Waals surface area contributed by atoms with Gasteiger partial charge in [-0.05, 0) is 42.9 Å². The first-order valence-corrected chi connectivity index (χ1v) is 11.9. The van der Waals surface area contributed by atoms with Crippen LogP contribution in [0.3, 0.4) is 0 Å². The van der Waals surface area contributed by atoms with Crippen molar-refractivity contribution in [2.45, 2.75) is 38.0 Å². The van der Waals surface area contributed by atoms with Crippen LogP contribution >= 0.6 is 0 Å². The third-order valence-electron chi connectivity index (χ3n) is 7.10. The number of aliphatic hydroxyl groups is 1. The van der Waals surface area contributed by atoms with Crippen molar-refractivity contribution in [2.75, 3.05) is 5.73 Å². The second-order valence-electron chi connectivity index (χ2n) is 9.36. The molecule has 0 bridgehead atoms. The first-order valence-electron chi connectivity index (χ1n) is 11.9. The lowest BCUT2D eigenvalue weighted by molar-refractivity contribution is -0.126. The average molecular weight is 476 g/mol. The summed E-state index contributed by atoms with van der Waals surface area (Å²) < 4.78 is 1.91. The Bertz CT molecular complexity index is 1590. The molecule has 1 saturated carbocycles. The fraction of sp³-hybridized carbons (Fsp3) is 0.207. The summed E-state index contributed by atoms with van der Waals surface area (Å²) in [7, 11) is 0. The van der Waals surface area contributed by atoms with E-state index < -0.39 is 5.60 Å². The first-order chi connectivity index (χ1) is 17.4. The lowest BCUT2D eigenvalue weighted by Gasteiger charge is -2.24. The van der Waals surface area contributed by atoms with Crippen molar-refractivity contribution in [3.63, 3.8) is 0 Å². The Balaban J connectivity index is 1.44. The highest BCUT2D eigenvalue weighted by Crippen LogP contribution is 2.48. The molecule has 3 N–H and O–H groups in total. The maximum absolute atomic E-state index is 12.8. The number of rotatable bonds is 4. The molecule has 1 amide bonds. The van der Waals surface area contributed by atoms with Gasteiger partial charge >= 0.3 is 0 Å². The number of amides is 1. The molecule has 2 aromatic heterocycles. The van der Waals surface area contributed by atoms with E-state index in [1.54, 1.807) is 24.9 Å². The molecule has 6 rings (SSSR count). The number of nitrogen functional groups attached to an aromatic ring is 1. The molecular formula is C29H25N5O2. The standard InChI is InChI=1S/C29H25N5O2/c1-3-7-24(35)34-22-16-19(22)17-23(34)28-32-25(26-27(30)31-14-15-33(26)28)18-10-12-21(13-11-18)29(2,36)20-8-5-4-6-9-20/h4-6,8-15,17,22-23,36H,16H2,1-2H3,(H2,30,31). The third-order valence-corrected chi connectivity index (χ3v) is 7.10. The smallest absolute Gasteiger partial charge is 0.299 e. The maximum atomic E-state index is 12.8. The van der Waals surface area contributed by atoms with Gasteiger partial charge in [0.2, 0.25) is 0 Å². The molecular weight excluding hydrogens is 450 g/mol. The van der Waals surface area contributed by atoms with E-state index in [9.17, 15) is 9.90 Å².